The van der Waals surface area contributed by atoms with Crippen LogP contribution in [0, 0.1) is 34.0 Å². The van der Waals surface area contributed by atoms with Gasteiger partial charge in [-0.15, -0.1) is 0 Å². The number of fused-ring (bicyclic) bond motifs is 18. The predicted molar refractivity (Wildman–Crippen MR) is 274 cm³/mol. The first kappa shape index (κ1) is 38.7. The zero-order valence-electron chi connectivity index (χ0n) is 37.3. The van der Waals surface area contributed by atoms with Crippen LogP contribution in [0.25, 0.3) is 93.9 Å². The van der Waals surface area contributed by atoms with Crippen LogP contribution in [0.1, 0.15) is 38.9 Å². The van der Waals surface area contributed by atoms with Gasteiger partial charge >= 0.3 is 0 Å². The number of nitrogens with zero attached hydrogens (tertiary/aromatic N) is 9. The number of para-hydroxylation sites is 3. The van der Waals surface area contributed by atoms with Crippen molar-refractivity contribution in [2.24, 2.45) is 0 Å². The van der Waals surface area contributed by atoms with Crippen LogP contribution in [0.2, 0.25) is 0 Å². The van der Waals surface area contributed by atoms with Crippen molar-refractivity contribution in [3.8, 4) is 58.2 Å². The highest BCUT2D eigenvalue weighted by atomic mass is 16.5. The third-order valence-corrected chi connectivity index (χ3v) is 14.7. The molecule has 1 aliphatic heterocycles. The third-order valence-electron chi connectivity index (χ3n) is 14.7. The number of nitriles is 3. The number of ether oxygens (including phenoxy) is 1. The van der Waals surface area contributed by atoms with Crippen LogP contribution in [0.3, 0.4) is 0 Å². The average molecular weight is 906 g/mol. The van der Waals surface area contributed by atoms with E-state index < -0.39 is 5.41 Å². The average Bonchev–Trinajstić information content (AvgIpc) is 4.14. The van der Waals surface area contributed by atoms with Gasteiger partial charge in [-0.2, -0.15) is 15.8 Å². The summed E-state index contributed by atoms with van der Waals surface area (Å²) in [5, 5.41) is 36.0. The summed E-state index contributed by atoms with van der Waals surface area (Å²) in [6.45, 7) is 0. The summed E-state index contributed by atoms with van der Waals surface area (Å²) in [5.74, 6) is 1.40. The Morgan fingerprint density at radius 3 is 1.45 bits per heavy atom. The molecule has 10 heteroatoms. The molecule has 15 rings (SSSR count). The maximum atomic E-state index is 10.0. The van der Waals surface area contributed by atoms with Crippen molar-refractivity contribution in [2.45, 2.75) is 5.41 Å². The molecule has 6 aromatic heterocycles. The lowest BCUT2D eigenvalue weighted by atomic mass is 9.66. The zero-order valence-corrected chi connectivity index (χ0v) is 37.3. The second-order valence-corrected chi connectivity index (χ2v) is 18.2. The Labute approximate surface area is 404 Å². The van der Waals surface area contributed by atoms with Gasteiger partial charge in [-0.3, -0.25) is 15.0 Å². The second kappa shape index (κ2) is 14.1. The molecule has 326 valence electrons. The Morgan fingerprint density at radius 2 is 0.845 bits per heavy atom. The Morgan fingerprint density at radius 1 is 0.380 bits per heavy atom. The molecule has 10 nitrogen and oxygen atoms in total. The minimum atomic E-state index is -1.04. The van der Waals surface area contributed by atoms with Gasteiger partial charge in [0.25, 0.3) is 0 Å². The summed E-state index contributed by atoms with van der Waals surface area (Å²) in [4.78, 5) is 15.5. The fraction of sp³-hybridized carbons (Fsp3) is 0.0164. The van der Waals surface area contributed by atoms with Crippen molar-refractivity contribution in [2.75, 3.05) is 0 Å². The molecular weight excluding hydrogens is 875 g/mol. The quantitative estimate of drug-likeness (QED) is 0.172. The van der Waals surface area contributed by atoms with Gasteiger partial charge in [0.15, 0.2) is 0 Å². The van der Waals surface area contributed by atoms with E-state index in [-0.39, 0.29) is 0 Å². The number of benzene rings is 7. The minimum Gasteiger partial charge on any atom is -0.457 e. The van der Waals surface area contributed by atoms with Crippen LogP contribution in [-0.2, 0) is 5.41 Å². The zero-order chi connectivity index (χ0) is 47.1. The first-order valence-corrected chi connectivity index (χ1v) is 23.1. The summed E-state index contributed by atoms with van der Waals surface area (Å²) in [6.07, 6.45) is 7.64. The van der Waals surface area contributed by atoms with Crippen LogP contribution in [0.4, 0.5) is 0 Å². The number of hydrogen-bond donors (Lipinski definition) is 0. The van der Waals surface area contributed by atoms with Crippen LogP contribution in [0.15, 0.2) is 189 Å². The Balaban J connectivity index is 1.07. The monoisotopic (exact) mass is 905 g/mol. The third kappa shape index (κ3) is 5.08. The maximum absolute atomic E-state index is 10.0. The molecule has 1 unspecified atom stereocenters. The molecule has 0 radical (unpaired) electrons. The Bertz CT molecular complexity index is 4560. The van der Waals surface area contributed by atoms with Crippen molar-refractivity contribution in [3.05, 3.63) is 228 Å². The fourth-order valence-electron chi connectivity index (χ4n) is 11.9. The van der Waals surface area contributed by atoms with Crippen molar-refractivity contribution >= 4 is 65.4 Å². The molecule has 7 heterocycles. The number of aromatic nitrogens is 6. The van der Waals surface area contributed by atoms with E-state index in [2.05, 4.69) is 122 Å². The number of hydrogen-bond acceptors (Lipinski definition) is 7. The van der Waals surface area contributed by atoms with E-state index >= 15 is 0 Å². The van der Waals surface area contributed by atoms with Gasteiger partial charge in [0.1, 0.15) is 11.5 Å². The number of rotatable bonds is 3. The van der Waals surface area contributed by atoms with Crippen molar-refractivity contribution in [1.82, 2.24) is 28.7 Å². The lowest BCUT2D eigenvalue weighted by Gasteiger charge is -2.39. The van der Waals surface area contributed by atoms with E-state index in [1.54, 1.807) is 0 Å². The molecule has 1 aliphatic carbocycles. The molecule has 0 N–H and O–H groups in total. The molecule has 0 saturated heterocycles. The van der Waals surface area contributed by atoms with Crippen LogP contribution < -0.4 is 4.74 Å². The smallest absolute Gasteiger partial charge is 0.132 e. The molecule has 0 saturated carbocycles. The minimum absolute atomic E-state index is 0.534. The Kier molecular flexibility index (Phi) is 7.69. The molecule has 0 amide bonds. The summed E-state index contributed by atoms with van der Waals surface area (Å²) in [5.41, 5.74) is 14.2. The summed E-state index contributed by atoms with van der Waals surface area (Å²) >= 11 is 0. The molecule has 13 aromatic rings. The van der Waals surface area contributed by atoms with Crippen molar-refractivity contribution < 1.29 is 4.74 Å². The lowest BCUT2D eigenvalue weighted by molar-refractivity contribution is 0.436. The highest BCUT2D eigenvalue weighted by molar-refractivity contribution is 6.12. The van der Waals surface area contributed by atoms with E-state index in [1.807, 2.05) is 104 Å². The molecule has 7 aromatic carbocycles. The normalized spacial score (nSPS) is 14.3. The lowest BCUT2D eigenvalue weighted by Crippen LogP contribution is -2.32. The fourth-order valence-corrected chi connectivity index (χ4v) is 11.9. The molecule has 71 heavy (non-hydrogen) atoms. The molecule has 1 atom stereocenters. The first-order valence-electron chi connectivity index (χ1n) is 23.1. The van der Waals surface area contributed by atoms with Gasteiger partial charge in [0.2, 0.25) is 0 Å². The van der Waals surface area contributed by atoms with E-state index in [4.69, 9.17) is 14.7 Å². The topological polar surface area (TPSA) is 134 Å². The van der Waals surface area contributed by atoms with Gasteiger partial charge < -0.3 is 18.4 Å². The molecule has 0 bridgehead atoms. The first-order chi connectivity index (χ1) is 35.0. The second-order valence-electron chi connectivity index (χ2n) is 18.2. The van der Waals surface area contributed by atoms with E-state index in [0.29, 0.717) is 28.2 Å². The molecule has 1 spiro atoms. The van der Waals surface area contributed by atoms with Gasteiger partial charge in [-0.05, 0) is 109 Å². The van der Waals surface area contributed by atoms with E-state index in [1.165, 1.54) is 0 Å². The molecule has 0 fully saturated rings. The summed E-state index contributed by atoms with van der Waals surface area (Å²) in [6, 6.07) is 62.2. The summed E-state index contributed by atoms with van der Waals surface area (Å²) < 4.78 is 13.7. The highest BCUT2D eigenvalue weighted by Crippen LogP contribution is 2.62. The Hall–Kier alpha value is -10.3. The van der Waals surface area contributed by atoms with Gasteiger partial charge in [0, 0.05) is 66.5 Å². The maximum Gasteiger partial charge on any atom is 0.132 e. The van der Waals surface area contributed by atoms with Gasteiger partial charge in [-0.1, -0.05) is 54.6 Å². The SMILES string of the molecule is N#Cc1ccc2c(c1)c1ccccc1n2-c1cnc2c(c1)C1(c3ccccc3Oc3ccc(-n4c5ccc(C#N)cc5c5cc(C#N)ccc54)cc31)c1cc(-n3c4ccccc4c4ccncc43)cnc1-2. The van der Waals surface area contributed by atoms with Crippen molar-refractivity contribution in [1.29, 1.82) is 15.8 Å². The largest absolute Gasteiger partial charge is 0.457 e. The van der Waals surface area contributed by atoms with Crippen LogP contribution in [0.5, 0.6) is 11.5 Å². The number of pyridine rings is 3. The predicted octanol–water partition coefficient (Wildman–Crippen LogP) is 13.2. The van der Waals surface area contributed by atoms with Crippen molar-refractivity contribution in [3.63, 3.8) is 0 Å². The van der Waals surface area contributed by atoms with E-state index in [0.717, 1.165) is 116 Å². The highest BCUT2D eigenvalue weighted by Gasteiger charge is 2.53. The van der Waals surface area contributed by atoms with Crippen LogP contribution >= 0.6 is 0 Å². The summed E-state index contributed by atoms with van der Waals surface area (Å²) in [7, 11) is 0. The van der Waals surface area contributed by atoms with Gasteiger partial charge in [-0.25, -0.2) is 0 Å². The molecular formula is C61H31N9O. The molecule has 2 aliphatic rings. The van der Waals surface area contributed by atoms with E-state index in [9.17, 15) is 15.8 Å². The standard InChI is InChI=1S/C61H31N9O/c62-29-35-13-17-53-44(23-35)42-8-2-5-11-52(42)69(53)39-27-49-59(66-32-39)60-50(28-40(33-67-60)70-51-10-4-1-7-41(51)43-21-22-65-34-56(43)70)61(49)47-9-3-6-12-57(47)71-58-20-16-38(26-48(58)61)68-54-18-14-36(30-63)24-45(54)46-25-37(31-64)15-19-55(46)68/h1-28,32-34H. The van der Waals surface area contributed by atoms with Crippen LogP contribution in [-0.4, -0.2) is 28.7 Å². The van der Waals surface area contributed by atoms with Gasteiger partial charge in [0.05, 0.1) is 115 Å².